The minimum absolute atomic E-state index is 0.0403. The lowest BCUT2D eigenvalue weighted by atomic mass is 9.99. The van der Waals surface area contributed by atoms with Gasteiger partial charge in [0.1, 0.15) is 5.82 Å². The third-order valence-corrected chi connectivity index (χ3v) is 5.71. The number of nitrogens with one attached hydrogen (secondary N) is 1. The molecule has 1 N–H and O–H groups in total. The molecular weight excluding hydrogens is 425 g/mol. The van der Waals surface area contributed by atoms with E-state index in [4.69, 9.17) is 4.52 Å². The number of aromatic nitrogens is 3. The first-order valence-electron chi connectivity index (χ1n) is 11.1. The molecule has 0 saturated carbocycles. The maximum atomic E-state index is 13.5. The summed E-state index contributed by atoms with van der Waals surface area (Å²) in [4.78, 5) is 35.4. The van der Waals surface area contributed by atoms with Crippen molar-refractivity contribution in [2.24, 2.45) is 0 Å². The first kappa shape index (κ1) is 22.6. The maximum absolute atomic E-state index is 13.5. The van der Waals surface area contributed by atoms with Crippen molar-refractivity contribution >= 4 is 11.8 Å². The fourth-order valence-corrected chi connectivity index (χ4v) is 3.94. The summed E-state index contributed by atoms with van der Waals surface area (Å²) < 4.78 is 19.0. The number of hydrogen-bond donors (Lipinski definition) is 1. The SMILES string of the molecule is O=C1CCN(C(=O)Cc2cccc(F)c2)CCCC(c2nc(-c3cccnc3)no2)CCN1. The van der Waals surface area contributed by atoms with E-state index in [2.05, 4.69) is 20.4 Å². The Labute approximate surface area is 191 Å². The molecule has 9 heteroatoms. The molecule has 1 atom stereocenters. The van der Waals surface area contributed by atoms with Gasteiger partial charge in [-0.25, -0.2) is 4.39 Å². The van der Waals surface area contributed by atoms with E-state index in [1.807, 2.05) is 12.1 Å². The minimum atomic E-state index is -0.370. The highest BCUT2D eigenvalue weighted by atomic mass is 19.1. The monoisotopic (exact) mass is 451 g/mol. The zero-order valence-corrected chi connectivity index (χ0v) is 18.2. The van der Waals surface area contributed by atoms with Crippen molar-refractivity contribution < 1.29 is 18.5 Å². The third kappa shape index (κ3) is 6.21. The van der Waals surface area contributed by atoms with E-state index < -0.39 is 0 Å². The van der Waals surface area contributed by atoms with E-state index in [-0.39, 0.29) is 36.4 Å². The number of pyridine rings is 1. The van der Waals surface area contributed by atoms with Crippen molar-refractivity contribution in [2.45, 2.75) is 38.0 Å². The van der Waals surface area contributed by atoms with Gasteiger partial charge in [-0.05, 0) is 49.1 Å². The van der Waals surface area contributed by atoms with Crippen LogP contribution in [0.4, 0.5) is 4.39 Å². The van der Waals surface area contributed by atoms with Gasteiger partial charge in [0.25, 0.3) is 0 Å². The number of hydrogen-bond acceptors (Lipinski definition) is 6. The normalized spacial score (nSPS) is 17.8. The Morgan fingerprint density at radius 2 is 2.12 bits per heavy atom. The summed E-state index contributed by atoms with van der Waals surface area (Å²) in [7, 11) is 0. The average Bonchev–Trinajstić information content (AvgIpc) is 3.29. The molecule has 0 aliphatic carbocycles. The van der Waals surface area contributed by atoms with E-state index in [9.17, 15) is 14.0 Å². The van der Waals surface area contributed by atoms with Gasteiger partial charge in [-0.2, -0.15) is 4.98 Å². The Hall–Kier alpha value is -3.62. The standard InChI is InChI=1S/C24H26FN5O3/c25-20-7-1-4-17(14-20)15-22(32)30-12-3-6-18(8-11-27-21(31)9-13-30)24-28-23(29-33-24)19-5-2-10-26-16-19/h1-2,4-5,7,10,14,16,18H,3,6,8-9,11-13,15H2,(H,27,31). The average molecular weight is 452 g/mol. The molecule has 8 nitrogen and oxygen atoms in total. The van der Waals surface area contributed by atoms with Gasteiger partial charge < -0.3 is 14.7 Å². The molecule has 1 unspecified atom stereocenters. The van der Waals surface area contributed by atoms with Gasteiger partial charge in [-0.1, -0.05) is 17.3 Å². The van der Waals surface area contributed by atoms with Crippen molar-refractivity contribution in [1.82, 2.24) is 25.3 Å². The van der Waals surface area contributed by atoms with Gasteiger partial charge in [0.15, 0.2) is 0 Å². The summed E-state index contributed by atoms with van der Waals surface area (Å²) in [5, 5.41) is 6.99. The first-order chi connectivity index (χ1) is 16.1. The number of nitrogens with zero attached hydrogens (tertiary/aromatic N) is 4. The number of amides is 2. The first-order valence-corrected chi connectivity index (χ1v) is 11.1. The molecule has 1 aliphatic rings. The molecule has 3 aromatic rings. The summed E-state index contributed by atoms with van der Waals surface area (Å²) in [6.07, 6.45) is 5.80. The van der Waals surface area contributed by atoms with Crippen molar-refractivity contribution in [3.63, 3.8) is 0 Å². The van der Waals surface area contributed by atoms with Crippen molar-refractivity contribution in [3.05, 3.63) is 66.1 Å². The van der Waals surface area contributed by atoms with Gasteiger partial charge in [-0.3, -0.25) is 14.6 Å². The molecule has 4 rings (SSSR count). The zero-order chi connectivity index (χ0) is 23.0. The van der Waals surface area contributed by atoms with E-state index >= 15 is 0 Å². The van der Waals surface area contributed by atoms with E-state index in [1.54, 1.807) is 29.4 Å². The summed E-state index contributed by atoms with van der Waals surface area (Å²) in [5.74, 6) is 0.344. The van der Waals surface area contributed by atoms with E-state index in [0.29, 0.717) is 43.3 Å². The number of halogens is 1. The lowest BCUT2D eigenvalue weighted by molar-refractivity contribution is -0.131. The van der Waals surface area contributed by atoms with Gasteiger partial charge in [-0.15, -0.1) is 0 Å². The second kappa shape index (κ2) is 10.8. The van der Waals surface area contributed by atoms with Crippen molar-refractivity contribution in [3.8, 4) is 11.4 Å². The maximum Gasteiger partial charge on any atom is 0.230 e. The lowest BCUT2D eigenvalue weighted by Crippen LogP contribution is -2.36. The van der Waals surface area contributed by atoms with Gasteiger partial charge in [0.05, 0.1) is 6.42 Å². The predicted molar refractivity (Wildman–Crippen MR) is 118 cm³/mol. The smallest absolute Gasteiger partial charge is 0.230 e. The van der Waals surface area contributed by atoms with Crippen LogP contribution in [-0.4, -0.2) is 51.5 Å². The van der Waals surface area contributed by atoms with Crippen LogP contribution in [0.1, 0.15) is 43.1 Å². The summed E-state index contributed by atoms with van der Waals surface area (Å²) in [6, 6.07) is 9.70. The van der Waals surface area contributed by atoms with E-state index in [0.717, 1.165) is 18.4 Å². The highest BCUT2D eigenvalue weighted by Crippen LogP contribution is 2.26. The van der Waals surface area contributed by atoms with Crippen LogP contribution in [-0.2, 0) is 16.0 Å². The third-order valence-electron chi connectivity index (χ3n) is 5.71. The quantitative estimate of drug-likeness (QED) is 0.654. The Morgan fingerprint density at radius 1 is 1.21 bits per heavy atom. The molecule has 1 aromatic carbocycles. The van der Waals surface area contributed by atoms with Crippen LogP contribution in [0.5, 0.6) is 0 Å². The second-order valence-corrected chi connectivity index (χ2v) is 8.11. The number of benzene rings is 1. The van der Waals surface area contributed by atoms with Crippen LogP contribution < -0.4 is 5.32 Å². The van der Waals surface area contributed by atoms with Crippen molar-refractivity contribution in [2.75, 3.05) is 19.6 Å². The fraction of sp³-hybridized carbons (Fsp3) is 0.375. The molecule has 0 bridgehead atoms. The van der Waals surface area contributed by atoms with Gasteiger partial charge >= 0.3 is 0 Å². The number of carbonyl (C=O) groups is 2. The topological polar surface area (TPSA) is 101 Å². The second-order valence-electron chi connectivity index (χ2n) is 8.11. The summed E-state index contributed by atoms with van der Waals surface area (Å²) in [5.41, 5.74) is 1.39. The molecule has 0 radical (unpaired) electrons. The number of rotatable bonds is 4. The zero-order valence-electron chi connectivity index (χ0n) is 18.2. The van der Waals surface area contributed by atoms with Crippen LogP contribution in [0, 0.1) is 5.82 Å². The molecule has 3 heterocycles. The highest BCUT2D eigenvalue weighted by molar-refractivity contribution is 5.80. The molecule has 1 aliphatic heterocycles. The van der Waals surface area contributed by atoms with Gasteiger partial charge in [0, 0.05) is 49.9 Å². The molecule has 0 spiro atoms. The Balaban J connectivity index is 1.43. The summed E-state index contributed by atoms with van der Waals surface area (Å²) >= 11 is 0. The minimum Gasteiger partial charge on any atom is -0.356 e. The van der Waals surface area contributed by atoms with Crippen LogP contribution in [0.2, 0.25) is 0 Å². The van der Waals surface area contributed by atoms with Crippen LogP contribution >= 0.6 is 0 Å². The fourth-order valence-electron chi connectivity index (χ4n) is 3.94. The Bertz CT molecular complexity index is 1090. The van der Waals surface area contributed by atoms with Crippen LogP contribution in [0.3, 0.4) is 0 Å². The number of carbonyl (C=O) groups excluding carboxylic acids is 2. The molecule has 2 amide bonds. The molecule has 2 aromatic heterocycles. The highest BCUT2D eigenvalue weighted by Gasteiger charge is 2.23. The van der Waals surface area contributed by atoms with Gasteiger partial charge in [0.2, 0.25) is 23.5 Å². The Kier molecular flexibility index (Phi) is 7.39. The van der Waals surface area contributed by atoms with Crippen LogP contribution in [0.15, 0.2) is 53.3 Å². The van der Waals surface area contributed by atoms with E-state index in [1.165, 1.54) is 12.1 Å². The summed E-state index contributed by atoms with van der Waals surface area (Å²) in [6.45, 7) is 1.32. The molecule has 1 fully saturated rings. The lowest BCUT2D eigenvalue weighted by Gasteiger charge is -2.23. The molecule has 1 saturated heterocycles. The van der Waals surface area contributed by atoms with Crippen LogP contribution in [0.25, 0.3) is 11.4 Å². The largest absolute Gasteiger partial charge is 0.356 e. The molecule has 33 heavy (non-hydrogen) atoms. The molecular formula is C24H26FN5O3. The van der Waals surface area contributed by atoms with Crippen molar-refractivity contribution in [1.29, 1.82) is 0 Å². The Morgan fingerprint density at radius 3 is 2.94 bits per heavy atom. The predicted octanol–water partition coefficient (Wildman–Crippen LogP) is 3.12. The molecule has 172 valence electrons.